The molecule has 0 aliphatic heterocycles. The summed E-state index contributed by atoms with van der Waals surface area (Å²) in [5.41, 5.74) is 12.7. The molecule has 0 amide bonds. The predicted molar refractivity (Wildman–Crippen MR) is 78.1 cm³/mol. The molecule has 0 aliphatic carbocycles. The quantitative estimate of drug-likeness (QED) is 0.666. The lowest BCUT2D eigenvalue weighted by Gasteiger charge is -2.03. The van der Waals surface area contributed by atoms with Crippen LogP contribution in [0.5, 0.6) is 0 Å². The Kier molecular flexibility index (Phi) is 2.56. The van der Waals surface area contributed by atoms with Crippen molar-refractivity contribution in [1.82, 2.24) is 4.98 Å². The van der Waals surface area contributed by atoms with E-state index in [1.165, 1.54) is 5.56 Å². The fraction of sp³-hybridized carbons (Fsp3) is 0.188. The number of benzene rings is 2. The van der Waals surface area contributed by atoms with Gasteiger partial charge in [-0.15, -0.1) is 0 Å². The number of aromatic nitrogens is 1. The minimum Gasteiger partial charge on any atom is -0.436 e. The summed E-state index contributed by atoms with van der Waals surface area (Å²) in [6, 6.07) is 9.85. The highest BCUT2D eigenvalue weighted by Gasteiger charge is 2.13. The molecule has 96 valence electrons. The van der Waals surface area contributed by atoms with Crippen LogP contribution in [0.1, 0.15) is 16.7 Å². The summed E-state index contributed by atoms with van der Waals surface area (Å²) < 4.78 is 5.93. The van der Waals surface area contributed by atoms with E-state index >= 15 is 0 Å². The predicted octanol–water partition coefficient (Wildman–Crippen LogP) is 4.00. The van der Waals surface area contributed by atoms with E-state index in [9.17, 15) is 0 Å². The number of nitrogen functional groups attached to an aromatic ring is 1. The van der Waals surface area contributed by atoms with Gasteiger partial charge in [-0.3, -0.25) is 0 Å². The Bertz CT molecular complexity index is 772. The van der Waals surface area contributed by atoms with Crippen LogP contribution in [0, 0.1) is 20.8 Å². The van der Waals surface area contributed by atoms with Crippen LogP contribution in [0.2, 0.25) is 0 Å². The molecule has 3 aromatic rings. The van der Waals surface area contributed by atoms with E-state index < -0.39 is 0 Å². The van der Waals surface area contributed by atoms with E-state index in [-0.39, 0.29) is 0 Å². The number of oxazole rings is 1. The molecule has 0 bridgehead atoms. The zero-order valence-corrected chi connectivity index (χ0v) is 11.3. The fourth-order valence-electron chi connectivity index (χ4n) is 2.22. The largest absolute Gasteiger partial charge is 0.436 e. The monoisotopic (exact) mass is 252 g/mol. The second kappa shape index (κ2) is 4.12. The van der Waals surface area contributed by atoms with Crippen molar-refractivity contribution in [2.24, 2.45) is 0 Å². The Hall–Kier alpha value is -2.29. The molecule has 0 atom stereocenters. The summed E-state index contributed by atoms with van der Waals surface area (Å²) in [5.74, 6) is 0.633. The first-order chi connectivity index (χ1) is 9.08. The molecule has 3 nitrogen and oxygen atoms in total. The Balaban J connectivity index is 2.27. The lowest BCUT2D eigenvalue weighted by atomic mass is 10.1. The Morgan fingerprint density at radius 3 is 2.58 bits per heavy atom. The van der Waals surface area contributed by atoms with E-state index in [1.807, 2.05) is 31.2 Å². The molecule has 0 aliphatic rings. The first-order valence-electron chi connectivity index (χ1n) is 6.30. The minimum atomic E-state index is 0.633. The first-order valence-corrected chi connectivity index (χ1v) is 6.30. The van der Waals surface area contributed by atoms with E-state index in [1.54, 1.807) is 0 Å². The summed E-state index contributed by atoms with van der Waals surface area (Å²) in [7, 11) is 0. The van der Waals surface area contributed by atoms with Crippen LogP contribution in [0.4, 0.5) is 5.69 Å². The van der Waals surface area contributed by atoms with Crippen LogP contribution in [-0.4, -0.2) is 4.98 Å². The summed E-state index contributed by atoms with van der Waals surface area (Å²) in [5, 5.41) is 0. The topological polar surface area (TPSA) is 52.0 Å². The third-order valence-electron chi connectivity index (χ3n) is 3.68. The molecule has 1 heterocycles. The third-order valence-corrected chi connectivity index (χ3v) is 3.68. The van der Waals surface area contributed by atoms with E-state index in [0.29, 0.717) is 5.89 Å². The molecule has 0 fully saturated rings. The van der Waals surface area contributed by atoms with Gasteiger partial charge in [0.25, 0.3) is 0 Å². The smallest absolute Gasteiger partial charge is 0.227 e. The molecule has 0 radical (unpaired) electrons. The van der Waals surface area contributed by atoms with Crippen LogP contribution < -0.4 is 5.73 Å². The average molecular weight is 252 g/mol. The SMILES string of the molecule is Cc1ccc2nc(-c3cccc(N)c3C)oc2c1C. The molecule has 19 heavy (non-hydrogen) atoms. The van der Waals surface area contributed by atoms with Gasteiger partial charge >= 0.3 is 0 Å². The number of hydrogen-bond acceptors (Lipinski definition) is 3. The zero-order chi connectivity index (χ0) is 13.6. The lowest BCUT2D eigenvalue weighted by molar-refractivity contribution is 0.616. The van der Waals surface area contributed by atoms with Gasteiger partial charge in [0.1, 0.15) is 5.52 Å². The number of nitrogens with zero attached hydrogens (tertiary/aromatic N) is 1. The molecule has 3 heteroatoms. The molecule has 0 unspecified atom stereocenters. The third kappa shape index (κ3) is 1.78. The Morgan fingerprint density at radius 1 is 1.00 bits per heavy atom. The van der Waals surface area contributed by atoms with Gasteiger partial charge in [-0.25, -0.2) is 4.98 Å². The summed E-state index contributed by atoms with van der Waals surface area (Å²) in [6.07, 6.45) is 0. The minimum absolute atomic E-state index is 0.633. The molecule has 0 saturated heterocycles. The number of hydrogen-bond donors (Lipinski definition) is 1. The van der Waals surface area contributed by atoms with E-state index in [0.717, 1.165) is 33.5 Å². The van der Waals surface area contributed by atoms with Crippen LogP contribution in [0.3, 0.4) is 0 Å². The van der Waals surface area contributed by atoms with Crippen molar-refractivity contribution < 1.29 is 4.42 Å². The normalized spacial score (nSPS) is 11.1. The molecule has 0 saturated carbocycles. The standard InChI is InChI=1S/C16H16N2O/c1-9-7-8-14-15(10(9)2)19-16(18-14)12-5-4-6-13(17)11(12)3/h4-8H,17H2,1-3H3. The molecule has 2 aromatic carbocycles. The number of aryl methyl sites for hydroxylation is 2. The van der Waals surface area contributed by atoms with Gasteiger partial charge in [-0.2, -0.15) is 0 Å². The van der Waals surface area contributed by atoms with Crippen LogP contribution >= 0.6 is 0 Å². The molecular weight excluding hydrogens is 236 g/mol. The van der Waals surface area contributed by atoms with Gasteiger partial charge < -0.3 is 10.2 Å². The molecule has 3 rings (SSSR count). The van der Waals surface area contributed by atoms with Gasteiger partial charge in [0, 0.05) is 11.3 Å². The first kappa shape index (κ1) is 11.8. The molecule has 0 spiro atoms. The Labute approximate surface area is 112 Å². The van der Waals surface area contributed by atoms with Gasteiger partial charge in [0.15, 0.2) is 5.58 Å². The summed E-state index contributed by atoms with van der Waals surface area (Å²) >= 11 is 0. The Morgan fingerprint density at radius 2 is 1.79 bits per heavy atom. The number of nitrogens with two attached hydrogens (primary N) is 1. The molecule has 2 N–H and O–H groups in total. The van der Waals surface area contributed by atoms with Gasteiger partial charge in [-0.05, 0) is 55.7 Å². The lowest BCUT2D eigenvalue weighted by Crippen LogP contribution is -1.91. The van der Waals surface area contributed by atoms with Crippen LogP contribution in [0.25, 0.3) is 22.6 Å². The molecular formula is C16H16N2O. The van der Waals surface area contributed by atoms with Crippen molar-refractivity contribution in [1.29, 1.82) is 0 Å². The highest BCUT2D eigenvalue weighted by Crippen LogP contribution is 2.31. The van der Waals surface area contributed by atoms with Crippen molar-refractivity contribution in [2.75, 3.05) is 5.73 Å². The van der Waals surface area contributed by atoms with E-state index in [4.69, 9.17) is 10.2 Å². The van der Waals surface area contributed by atoms with Crippen molar-refractivity contribution in [3.63, 3.8) is 0 Å². The van der Waals surface area contributed by atoms with Gasteiger partial charge in [-0.1, -0.05) is 12.1 Å². The van der Waals surface area contributed by atoms with Gasteiger partial charge in [0.2, 0.25) is 5.89 Å². The fourth-order valence-corrected chi connectivity index (χ4v) is 2.22. The van der Waals surface area contributed by atoms with Crippen LogP contribution in [0.15, 0.2) is 34.7 Å². The van der Waals surface area contributed by atoms with Gasteiger partial charge in [0.05, 0.1) is 0 Å². The maximum Gasteiger partial charge on any atom is 0.227 e. The van der Waals surface area contributed by atoms with Crippen molar-refractivity contribution in [3.05, 3.63) is 47.0 Å². The number of fused-ring (bicyclic) bond motifs is 1. The second-order valence-electron chi connectivity index (χ2n) is 4.89. The molecule has 1 aromatic heterocycles. The summed E-state index contributed by atoms with van der Waals surface area (Å²) in [4.78, 5) is 4.56. The maximum atomic E-state index is 5.94. The highest BCUT2D eigenvalue weighted by atomic mass is 16.3. The van der Waals surface area contributed by atoms with Crippen molar-refractivity contribution in [3.8, 4) is 11.5 Å². The van der Waals surface area contributed by atoms with Crippen molar-refractivity contribution in [2.45, 2.75) is 20.8 Å². The van der Waals surface area contributed by atoms with Crippen LogP contribution in [-0.2, 0) is 0 Å². The number of anilines is 1. The maximum absolute atomic E-state index is 5.94. The second-order valence-corrected chi connectivity index (χ2v) is 4.89. The van der Waals surface area contributed by atoms with Crippen molar-refractivity contribution >= 4 is 16.8 Å². The highest BCUT2D eigenvalue weighted by molar-refractivity contribution is 5.81. The summed E-state index contributed by atoms with van der Waals surface area (Å²) in [6.45, 7) is 6.11. The number of rotatable bonds is 1. The van der Waals surface area contributed by atoms with E-state index in [2.05, 4.69) is 24.9 Å². The zero-order valence-electron chi connectivity index (χ0n) is 11.3. The average Bonchev–Trinajstić information content (AvgIpc) is 2.82.